The molecule has 1 fully saturated rings. The summed E-state index contributed by atoms with van der Waals surface area (Å²) in [4.78, 5) is 6.33. The smallest absolute Gasteiger partial charge is 0.0810 e. The van der Waals surface area contributed by atoms with E-state index >= 15 is 0 Å². The van der Waals surface area contributed by atoms with Gasteiger partial charge in [-0.05, 0) is 31.5 Å². The quantitative estimate of drug-likeness (QED) is 0.749. The molecule has 4 heteroatoms. The van der Waals surface area contributed by atoms with E-state index in [1.165, 1.54) is 0 Å². The number of nitrogens with two attached hydrogens (primary N) is 1. The number of rotatable bonds is 1. The summed E-state index contributed by atoms with van der Waals surface area (Å²) in [5, 5.41) is 12.1. The molecule has 0 radical (unpaired) electrons. The van der Waals surface area contributed by atoms with Crippen LogP contribution in [0.1, 0.15) is 13.3 Å². The minimum atomic E-state index is -0.596. The lowest BCUT2D eigenvalue weighted by Gasteiger charge is -2.22. The van der Waals surface area contributed by atoms with Gasteiger partial charge >= 0.3 is 0 Å². The molecule has 1 atom stereocenters. The first-order valence-electron chi connectivity index (χ1n) is 6.16. The van der Waals surface area contributed by atoms with E-state index in [0.29, 0.717) is 6.54 Å². The van der Waals surface area contributed by atoms with Crippen LogP contribution in [0.3, 0.4) is 0 Å². The van der Waals surface area contributed by atoms with Crippen molar-refractivity contribution in [1.82, 2.24) is 4.98 Å². The Balaban J connectivity index is 2.11. The highest BCUT2D eigenvalue weighted by Crippen LogP contribution is 2.34. The van der Waals surface area contributed by atoms with E-state index in [1.54, 1.807) is 12.4 Å². The third kappa shape index (κ3) is 1.78. The van der Waals surface area contributed by atoms with Crippen molar-refractivity contribution in [2.24, 2.45) is 0 Å². The molecule has 1 unspecified atom stereocenters. The molecular formula is C14H17N3O. The van der Waals surface area contributed by atoms with Gasteiger partial charge in [0.05, 0.1) is 5.60 Å². The summed E-state index contributed by atoms with van der Waals surface area (Å²) in [6, 6.07) is 5.92. The lowest BCUT2D eigenvalue weighted by atomic mass is 10.1. The first kappa shape index (κ1) is 11.3. The number of nitrogens with zero attached hydrogens (tertiary/aromatic N) is 2. The van der Waals surface area contributed by atoms with Crippen molar-refractivity contribution in [3.8, 4) is 0 Å². The molecule has 3 rings (SSSR count). The fourth-order valence-electron chi connectivity index (χ4n) is 2.62. The van der Waals surface area contributed by atoms with E-state index in [1.807, 2.05) is 25.1 Å². The number of fused-ring (bicyclic) bond motifs is 1. The zero-order valence-corrected chi connectivity index (χ0v) is 10.4. The van der Waals surface area contributed by atoms with Crippen molar-refractivity contribution < 1.29 is 5.11 Å². The standard InChI is InChI=1S/C14H17N3O/c1-14(18)5-7-17(9-14)13-3-2-12(15)11-8-16-6-4-10(11)13/h2-4,6,8,18H,5,7,9,15H2,1H3. The number of hydrogen-bond acceptors (Lipinski definition) is 4. The summed E-state index contributed by atoms with van der Waals surface area (Å²) in [6.45, 7) is 3.41. The number of aliphatic hydroxyl groups is 1. The number of aromatic nitrogens is 1. The van der Waals surface area contributed by atoms with Crippen molar-refractivity contribution >= 4 is 22.1 Å². The lowest BCUT2D eigenvalue weighted by Crippen LogP contribution is -2.29. The van der Waals surface area contributed by atoms with Crippen LogP contribution in [0.4, 0.5) is 11.4 Å². The highest BCUT2D eigenvalue weighted by atomic mass is 16.3. The van der Waals surface area contributed by atoms with E-state index < -0.39 is 5.60 Å². The molecule has 1 aliphatic heterocycles. The Morgan fingerprint density at radius 1 is 1.33 bits per heavy atom. The molecular weight excluding hydrogens is 226 g/mol. The molecule has 0 aliphatic carbocycles. The lowest BCUT2D eigenvalue weighted by molar-refractivity contribution is 0.0839. The summed E-state index contributed by atoms with van der Waals surface area (Å²) in [6.07, 6.45) is 4.37. The largest absolute Gasteiger partial charge is 0.398 e. The Labute approximate surface area is 106 Å². The van der Waals surface area contributed by atoms with Crippen LogP contribution in [0.25, 0.3) is 10.8 Å². The molecule has 1 saturated heterocycles. The first-order chi connectivity index (χ1) is 8.57. The minimum absolute atomic E-state index is 0.596. The van der Waals surface area contributed by atoms with Crippen molar-refractivity contribution in [3.05, 3.63) is 30.6 Å². The number of anilines is 2. The average molecular weight is 243 g/mol. The van der Waals surface area contributed by atoms with Crippen LogP contribution in [0.5, 0.6) is 0 Å². The molecule has 2 aromatic rings. The monoisotopic (exact) mass is 243 g/mol. The van der Waals surface area contributed by atoms with E-state index in [0.717, 1.165) is 35.1 Å². The van der Waals surface area contributed by atoms with Crippen LogP contribution in [-0.2, 0) is 0 Å². The zero-order chi connectivity index (χ0) is 12.8. The molecule has 1 aromatic carbocycles. The highest BCUT2D eigenvalue weighted by Gasteiger charge is 2.32. The SMILES string of the molecule is CC1(O)CCN(c2ccc(N)c3cnccc23)C1. The van der Waals surface area contributed by atoms with Crippen LogP contribution in [-0.4, -0.2) is 28.8 Å². The third-order valence-electron chi connectivity index (χ3n) is 3.62. The number of β-amino-alcohol motifs (C(OH)–C–C–N with tert-alkyl or cyclic N) is 1. The fourth-order valence-corrected chi connectivity index (χ4v) is 2.62. The molecule has 0 spiro atoms. The topological polar surface area (TPSA) is 62.4 Å². The number of benzene rings is 1. The van der Waals surface area contributed by atoms with Crippen LogP contribution >= 0.6 is 0 Å². The van der Waals surface area contributed by atoms with Gasteiger partial charge in [0.2, 0.25) is 0 Å². The van der Waals surface area contributed by atoms with Crippen LogP contribution in [0, 0.1) is 0 Å². The highest BCUT2D eigenvalue weighted by molar-refractivity contribution is 6.00. The Bertz CT molecular complexity index is 595. The Kier molecular flexibility index (Phi) is 2.41. The second-order valence-corrected chi connectivity index (χ2v) is 5.26. The van der Waals surface area contributed by atoms with Gasteiger partial charge in [0, 0.05) is 47.6 Å². The Hall–Kier alpha value is -1.81. The van der Waals surface area contributed by atoms with Gasteiger partial charge in [-0.3, -0.25) is 4.98 Å². The van der Waals surface area contributed by atoms with Gasteiger partial charge in [-0.25, -0.2) is 0 Å². The third-order valence-corrected chi connectivity index (χ3v) is 3.62. The molecule has 0 saturated carbocycles. The summed E-state index contributed by atoms with van der Waals surface area (Å²) < 4.78 is 0. The first-order valence-corrected chi connectivity index (χ1v) is 6.16. The van der Waals surface area contributed by atoms with E-state index in [4.69, 9.17) is 5.73 Å². The second kappa shape index (κ2) is 3.85. The van der Waals surface area contributed by atoms with E-state index in [-0.39, 0.29) is 0 Å². The molecule has 1 aromatic heterocycles. The van der Waals surface area contributed by atoms with E-state index in [9.17, 15) is 5.11 Å². The Morgan fingerprint density at radius 3 is 2.89 bits per heavy atom. The predicted molar refractivity (Wildman–Crippen MR) is 73.6 cm³/mol. The minimum Gasteiger partial charge on any atom is -0.398 e. The van der Waals surface area contributed by atoms with Crippen LogP contribution < -0.4 is 10.6 Å². The van der Waals surface area contributed by atoms with E-state index in [2.05, 4.69) is 9.88 Å². The molecule has 94 valence electrons. The van der Waals surface area contributed by atoms with Crippen molar-refractivity contribution in [2.75, 3.05) is 23.7 Å². The molecule has 0 bridgehead atoms. The van der Waals surface area contributed by atoms with Crippen LogP contribution in [0.2, 0.25) is 0 Å². The van der Waals surface area contributed by atoms with Gasteiger partial charge in [-0.2, -0.15) is 0 Å². The normalized spacial score (nSPS) is 23.8. The molecule has 3 N–H and O–H groups in total. The summed E-state index contributed by atoms with van der Waals surface area (Å²) in [7, 11) is 0. The maximum atomic E-state index is 10.1. The van der Waals surface area contributed by atoms with Gasteiger partial charge in [-0.15, -0.1) is 0 Å². The van der Waals surface area contributed by atoms with Gasteiger partial charge < -0.3 is 15.7 Å². The summed E-state index contributed by atoms with van der Waals surface area (Å²) >= 11 is 0. The van der Waals surface area contributed by atoms with Gasteiger partial charge in [0.15, 0.2) is 0 Å². The molecule has 18 heavy (non-hydrogen) atoms. The van der Waals surface area contributed by atoms with Gasteiger partial charge in [0.1, 0.15) is 0 Å². The molecule has 4 nitrogen and oxygen atoms in total. The number of hydrogen-bond donors (Lipinski definition) is 2. The molecule has 1 aliphatic rings. The maximum Gasteiger partial charge on any atom is 0.0810 e. The fraction of sp³-hybridized carbons (Fsp3) is 0.357. The average Bonchev–Trinajstić information content (AvgIpc) is 2.70. The second-order valence-electron chi connectivity index (χ2n) is 5.26. The summed E-state index contributed by atoms with van der Waals surface area (Å²) in [5.41, 5.74) is 7.24. The van der Waals surface area contributed by atoms with Gasteiger partial charge in [0.25, 0.3) is 0 Å². The van der Waals surface area contributed by atoms with Crippen molar-refractivity contribution in [3.63, 3.8) is 0 Å². The maximum absolute atomic E-state index is 10.1. The number of nitrogen functional groups attached to an aromatic ring is 1. The van der Waals surface area contributed by atoms with Crippen molar-refractivity contribution in [1.29, 1.82) is 0 Å². The molecule has 2 heterocycles. The molecule has 0 amide bonds. The van der Waals surface area contributed by atoms with Crippen molar-refractivity contribution in [2.45, 2.75) is 18.9 Å². The summed E-state index contributed by atoms with van der Waals surface area (Å²) in [5.74, 6) is 0. The zero-order valence-electron chi connectivity index (χ0n) is 10.4. The van der Waals surface area contributed by atoms with Crippen LogP contribution in [0.15, 0.2) is 30.6 Å². The number of pyridine rings is 1. The Morgan fingerprint density at radius 2 is 2.17 bits per heavy atom. The predicted octanol–water partition coefficient (Wildman–Crippen LogP) is 1.78. The van der Waals surface area contributed by atoms with Gasteiger partial charge in [-0.1, -0.05) is 0 Å².